The molecular formula is C20H18N2O3S. The molecule has 2 aromatic carbocycles. The van der Waals surface area contributed by atoms with Crippen molar-refractivity contribution in [1.82, 2.24) is 4.98 Å². The first-order valence-corrected chi connectivity index (χ1v) is 9.02. The summed E-state index contributed by atoms with van der Waals surface area (Å²) < 4.78 is 4.65. The van der Waals surface area contributed by atoms with Crippen LogP contribution in [0.15, 0.2) is 60.0 Å². The molecule has 5 nitrogen and oxygen atoms in total. The summed E-state index contributed by atoms with van der Waals surface area (Å²) in [6.07, 6.45) is 0.923. The van der Waals surface area contributed by atoms with Crippen LogP contribution in [0.2, 0.25) is 0 Å². The molecular weight excluding hydrogens is 348 g/mol. The van der Waals surface area contributed by atoms with Gasteiger partial charge in [-0.2, -0.15) is 0 Å². The summed E-state index contributed by atoms with van der Waals surface area (Å²) in [6, 6.07) is 16.6. The maximum Gasteiger partial charge on any atom is 0.337 e. The first-order chi connectivity index (χ1) is 12.7. The van der Waals surface area contributed by atoms with Gasteiger partial charge in [0.25, 0.3) is 0 Å². The highest BCUT2D eigenvalue weighted by Crippen LogP contribution is 2.23. The Labute approximate surface area is 155 Å². The molecule has 3 rings (SSSR count). The fourth-order valence-electron chi connectivity index (χ4n) is 2.41. The van der Waals surface area contributed by atoms with Gasteiger partial charge in [0.2, 0.25) is 5.91 Å². The Kier molecular flexibility index (Phi) is 5.76. The van der Waals surface area contributed by atoms with E-state index in [1.165, 1.54) is 7.11 Å². The van der Waals surface area contributed by atoms with E-state index in [4.69, 9.17) is 0 Å². The molecule has 0 spiro atoms. The molecule has 1 amide bonds. The topological polar surface area (TPSA) is 68.3 Å². The number of nitrogens with one attached hydrogen (secondary N) is 1. The molecule has 6 heteroatoms. The SMILES string of the molecule is COC(=O)c1ccc(NC(=O)CCc2csc(-c3ccccc3)n2)cc1. The Hall–Kier alpha value is -2.99. The molecule has 1 N–H and O–H groups in total. The second kappa shape index (κ2) is 8.40. The number of benzene rings is 2. The van der Waals surface area contributed by atoms with Gasteiger partial charge in [-0.1, -0.05) is 30.3 Å². The first-order valence-electron chi connectivity index (χ1n) is 8.14. The van der Waals surface area contributed by atoms with E-state index in [0.717, 1.165) is 16.3 Å². The average molecular weight is 366 g/mol. The molecule has 0 fully saturated rings. The van der Waals surface area contributed by atoms with Crippen LogP contribution in [-0.2, 0) is 16.0 Å². The predicted octanol–water partition coefficient (Wildman–Crippen LogP) is 4.17. The number of esters is 1. The number of aromatic nitrogens is 1. The van der Waals surface area contributed by atoms with Crippen molar-refractivity contribution in [2.45, 2.75) is 12.8 Å². The molecule has 0 unspecified atom stereocenters. The van der Waals surface area contributed by atoms with Crippen LogP contribution < -0.4 is 5.32 Å². The van der Waals surface area contributed by atoms with E-state index in [2.05, 4.69) is 15.0 Å². The number of hydrogen-bond acceptors (Lipinski definition) is 5. The van der Waals surface area contributed by atoms with Crippen molar-refractivity contribution < 1.29 is 14.3 Å². The van der Waals surface area contributed by atoms with Gasteiger partial charge in [-0.3, -0.25) is 4.79 Å². The van der Waals surface area contributed by atoms with Crippen molar-refractivity contribution >= 4 is 28.9 Å². The zero-order valence-electron chi connectivity index (χ0n) is 14.3. The lowest BCUT2D eigenvalue weighted by Crippen LogP contribution is -2.12. The highest BCUT2D eigenvalue weighted by atomic mass is 32.1. The summed E-state index contributed by atoms with van der Waals surface area (Å²) in [6.45, 7) is 0. The van der Waals surface area contributed by atoms with Crippen LogP contribution in [-0.4, -0.2) is 24.0 Å². The van der Waals surface area contributed by atoms with Gasteiger partial charge >= 0.3 is 5.97 Å². The summed E-state index contributed by atoms with van der Waals surface area (Å²) in [5.74, 6) is -0.495. The fourth-order valence-corrected chi connectivity index (χ4v) is 3.27. The molecule has 0 bridgehead atoms. The van der Waals surface area contributed by atoms with Gasteiger partial charge in [-0.25, -0.2) is 9.78 Å². The van der Waals surface area contributed by atoms with Crippen molar-refractivity contribution in [3.05, 3.63) is 71.2 Å². The van der Waals surface area contributed by atoms with Gasteiger partial charge in [0, 0.05) is 23.1 Å². The molecule has 0 saturated heterocycles. The van der Waals surface area contributed by atoms with Crippen LogP contribution in [0, 0.1) is 0 Å². The van der Waals surface area contributed by atoms with Crippen molar-refractivity contribution in [3.63, 3.8) is 0 Å². The molecule has 0 aliphatic carbocycles. The van der Waals surface area contributed by atoms with Crippen LogP contribution in [0.1, 0.15) is 22.5 Å². The molecule has 1 aromatic heterocycles. The highest BCUT2D eigenvalue weighted by Gasteiger charge is 2.09. The molecule has 3 aromatic rings. The van der Waals surface area contributed by atoms with E-state index in [1.54, 1.807) is 35.6 Å². The Morgan fingerprint density at radius 3 is 2.50 bits per heavy atom. The van der Waals surface area contributed by atoms with E-state index in [0.29, 0.717) is 24.1 Å². The second-order valence-electron chi connectivity index (χ2n) is 5.63. The number of methoxy groups -OCH3 is 1. The summed E-state index contributed by atoms with van der Waals surface area (Å²) in [7, 11) is 1.33. The number of anilines is 1. The molecule has 0 aliphatic heterocycles. The number of ether oxygens (including phenoxy) is 1. The maximum atomic E-state index is 12.1. The van der Waals surface area contributed by atoms with E-state index >= 15 is 0 Å². The van der Waals surface area contributed by atoms with Crippen LogP contribution in [0.3, 0.4) is 0 Å². The number of aryl methyl sites for hydroxylation is 1. The van der Waals surface area contributed by atoms with Crippen LogP contribution >= 0.6 is 11.3 Å². The zero-order valence-corrected chi connectivity index (χ0v) is 15.1. The van der Waals surface area contributed by atoms with Gasteiger partial charge in [-0.05, 0) is 30.7 Å². The smallest absolute Gasteiger partial charge is 0.337 e. The monoisotopic (exact) mass is 366 g/mol. The normalized spacial score (nSPS) is 10.3. The van der Waals surface area contributed by atoms with E-state index in [1.807, 2.05) is 35.7 Å². The lowest BCUT2D eigenvalue weighted by atomic mass is 10.2. The lowest BCUT2D eigenvalue weighted by Gasteiger charge is -2.05. The van der Waals surface area contributed by atoms with E-state index < -0.39 is 5.97 Å². The molecule has 0 atom stereocenters. The van der Waals surface area contributed by atoms with Gasteiger partial charge < -0.3 is 10.1 Å². The van der Waals surface area contributed by atoms with Gasteiger partial charge in [0.15, 0.2) is 0 Å². The van der Waals surface area contributed by atoms with E-state index in [9.17, 15) is 9.59 Å². The molecule has 26 heavy (non-hydrogen) atoms. The Bertz CT molecular complexity index is 889. The van der Waals surface area contributed by atoms with Crippen molar-refractivity contribution in [2.24, 2.45) is 0 Å². The van der Waals surface area contributed by atoms with Crippen molar-refractivity contribution in [2.75, 3.05) is 12.4 Å². The summed E-state index contributed by atoms with van der Waals surface area (Å²) in [4.78, 5) is 28.1. The Morgan fingerprint density at radius 2 is 1.81 bits per heavy atom. The van der Waals surface area contributed by atoms with Crippen molar-refractivity contribution in [3.8, 4) is 10.6 Å². The van der Waals surface area contributed by atoms with E-state index in [-0.39, 0.29) is 5.91 Å². The minimum atomic E-state index is -0.402. The summed E-state index contributed by atoms with van der Waals surface area (Å²) in [5.41, 5.74) is 3.08. The third kappa shape index (κ3) is 4.55. The summed E-state index contributed by atoms with van der Waals surface area (Å²) >= 11 is 1.58. The number of carbonyl (C=O) groups excluding carboxylic acids is 2. The Morgan fingerprint density at radius 1 is 1.08 bits per heavy atom. The van der Waals surface area contributed by atoms with Crippen LogP contribution in [0.25, 0.3) is 10.6 Å². The van der Waals surface area contributed by atoms with Gasteiger partial charge in [-0.15, -0.1) is 11.3 Å². The number of nitrogens with zero attached hydrogens (tertiary/aromatic N) is 1. The molecule has 0 saturated carbocycles. The third-order valence-corrected chi connectivity index (χ3v) is 4.71. The predicted molar refractivity (Wildman–Crippen MR) is 102 cm³/mol. The second-order valence-corrected chi connectivity index (χ2v) is 6.49. The number of rotatable bonds is 6. The van der Waals surface area contributed by atoms with Crippen LogP contribution in [0.5, 0.6) is 0 Å². The maximum absolute atomic E-state index is 12.1. The number of amides is 1. The number of carbonyl (C=O) groups is 2. The first kappa shape index (κ1) is 17.8. The fraction of sp³-hybridized carbons (Fsp3) is 0.150. The lowest BCUT2D eigenvalue weighted by molar-refractivity contribution is -0.116. The quantitative estimate of drug-likeness (QED) is 0.665. The minimum Gasteiger partial charge on any atom is -0.465 e. The molecule has 0 radical (unpaired) electrons. The number of thiazole rings is 1. The number of hydrogen-bond donors (Lipinski definition) is 1. The molecule has 0 aliphatic rings. The molecule has 1 heterocycles. The van der Waals surface area contributed by atoms with Crippen LogP contribution in [0.4, 0.5) is 5.69 Å². The third-order valence-electron chi connectivity index (χ3n) is 3.77. The van der Waals surface area contributed by atoms with Gasteiger partial charge in [0.05, 0.1) is 18.4 Å². The Balaban J connectivity index is 1.53. The molecule has 132 valence electrons. The average Bonchev–Trinajstić information content (AvgIpc) is 3.16. The standard InChI is InChI=1S/C20H18N2O3S/c1-25-20(24)15-7-9-16(10-8-15)21-18(23)12-11-17-13-26-19(22-17)14-5-3-2-4-6-14/h2-10,13H,11-12H2,1H3,(H,21,23). The van der Waals surface area contributed by atoms with Crippen molar-refractivity contribution in [1.29, 1.82) is 0 Å². The zero-order chi connectivity index (χ0) is 18.4. The minimum absolute atomic E-state index is 0.0925. The largest absolute Gasteiger partial charge is 0.465 e. The van der Waals surface area contributed by atoms with Gasteiger partial charge in [0.1, 0.15) is 5.01 Å². The highest BCUT2D eigenvalue weighted by molar-refractivity contribution is 7.13. The summed E-state index contributed by atoms with van der Waals surface area (Å²) in [5, 5.41) is 5.76.